The highest BCUT2D eigenvalue weighted by molar-refractivity contribution is 8.00. The second kappa shape index (κ2) is 8.04. The third-order valence-electron chi connectivity index (χ3n) is 5.55. The Morgan fingerprint density at radius 2 is 1.87 bits per heavy atom. The zero-order valence-corrected chi connectivity index (χ0v) is 17.5. The van der Waals surface area contributed by atoms with Crippen molar-refractivity contribution in [1.82, 2.24) is 0 Å². The van der Waals surface area contributed by atoms with Crippen molar-refractivity contribution in [3.63, 3.8) is 0 Å². The van der Waals surface area contributed by atoms with Crippen LogP contribution in [0.25, 0.3) is 0 Å². The molecular formula is C24H20F3NO2S. The van der Waals surface area contributed by atoms with Gasteiger partial charge in [-0.25, -0.2) is 0 Å². The van der Waals surface area contributed by atoms with Crippen molar-refractivity contribution in [3.05, 3.63) is 89.5 Å². The third-order valence-corrected chi connectivity index (χ3v) is 6.76. The Bertz CT molecular complexity index is 1070. The number of amides is 1. The monoisotopic (exact) mass is 443 g/mol. The van der Waals surface area contributed by atoms with Crippen molar-refractivity contribution in [3.8, 4) is 0 Å². The van der Waals surface area contributed by atoms with Crippen LogP contribution >= 0.6 is 11.8 Å². The number of rotatable bonds is 4. The van der Waals surface area contributed by atoms with Gasteiger partial charge in [-0.15, -0.1) is 11.8 Å². The van der Waals surface area contributed by atoms with E-state index in [4.69, 9.17) is 0 Å². The number of carbonyl (C=O) groups is 2. The fourth-order valence-corrected chi connectivity index (χ4v) is 4.98. The minimum atomic E-state index is -4.45. The highest BCUT2D eigenvalue weighted by Crippen LogP contribution is 2.43. The quantitative estimate of drug-likeness (QED) is 0.529. The predicted octanol–water partition coefficient (Wildman–Crippen LogP) is 6.19. The topological polar surface area (TPSA) is 37.4 Å². The summed E-state index contributed by atoms with van der Waals surface area (Å²) in [7, 11) is 0. The third kappa shape index (κ3) is 4.19. The fourth-order valence-electron chi connectivity index (χ4n) is 3.82. The Balaban J connectivity index is 1.61. The molecule has 0 bridgehead atoms. The van der Waals surface area contributed by atoms with Crippen LogP contribution < -0.4 is 4.90 Å². The lowest BCUT2D eigenvalue weighted by Gasteiger charge is -2.27. The smallest absolute Gasteiger partial charge is 0.295 e. The van der Waals surface area contributed by atoms with Gasteiger partial charge in [-0.3, -0.25) is 14.5 Å². The molecule has 1 fully saturated rings. The molecule has 1 heterocycles. The summed E-state index contributed by atoms with van der Waals surface area (Å²) < 4.78 is 39.4. The molecule has 7 heteroatoms. The van der Waals surface area contributed by atoms with E-state index in [0.29, 0.717) is 23.2 Å². The molecule has 0 N–H and O–H groups in total. The molecule has 1 amide bonds. The van der Waals surface area contributed by atoms with Crippen LogP contribution in [0.2, 0.25) is 0 Å². The maximum atomic E-state index is 13.1. The first-order valence-corrected chi connectivity index (χ1v) is 10.8. The van der Waals surface area contributed by atoms with Crippen molar-refractivity contribution in [2.75, 3.05) is 10.7 Å². The Kier molecular flexibility index (Phi) is 5.56. The number of ketones is 1. The van der Waals surface area contributed by atoms with E-state index in [9.17, 15) is 22.8 Å². The van der Waals surface area contributed by atoms with Gasteiger partial charge in [0, 0.05) is 11.3 Å². The summed E-state index contributed by atoms with van der Waals surface area (Å²) in [6, 6.07) is 11.8. The van der Waals surface area contributed by atoms with E-state index in [1.54, 1.807) is 30.3 Å². The summed E-state index contributed by atoms with van der Waals surface area (Å²) in [5, 5.41) is -0.555. The van der Waals surface area contributed by atoms with Crippen LogP contribution in [0.5, 0.6) is 0 Å². The first-order valence-electron chi connectivity index (χ1n) is 9.79. The van der Waals surface area contributed by atoms with E-state index in [-0.39, 0.29) is 17.4 Å². The predicted molar refractivity (Wildman–Crippen MR) is 116 cm³/mol. The lowest BCUT2D eigenvalue weighted by Crippen LogP contribution is -2.28. The number of hydrogen-bond acceptors (Lipinski definition) is 3. The first-order chi connectivity index (χ1) is 14.7. The number of halogens is 3. The molecular weight excluding hydrogens is 423 g/mol. The minimum Gasteiger partial charge on any atom is -0.295 e. The Morgan fingerprint density at radius 1 is 1.13 bits per heavy atom. The van der Waals surface area contributed by atoms with Gasteiger partial charge in [0.25, 0.3) is 0 Å². The molecule has 2 aliphatic rings. The number of allylic oxidation sites excluding steroid dienone is 4. The largest absolute Gasteiger partial charge is 0.416 e. The summed E-state index contributed by atoms with van der Waals surface area (Å²) in [5.41, 5.74) is 0.140. The van der Waals surface area contributed by atoms with Crippen LogP contribution in [0, 0.1) is 5.41 Å². The van der Waals surface area contributed by atoms with Crippen molar-refractivity contribution >= 4 is 29.1 Å². The molecule has 0 radical (unpaired) electrons. The zero-order chi connectivity index (χ0) is 22.2. The summed E-state index contributed by atoms with van der Waals surface area (Å²) in [5.74, 6) is -0.0217. The second-order valence-corrected chi connectivity index (χ2v) is 8.90. The van der Waals surface area contributed by atoms with Crippen molar-refractivity contribution in [1.29, 1.82) is 0 Å². The minimum absolute atomic E-state index is 0.0174. The molecule has 160 valence electrons. The Morgan fingerprint density at radius 3 is 2.52 bits per heavy atom. The molecule has 2 aromatic rings. The summed E-state index contributed by atoms with van der Waals surface area (Å²) in [4.78, 5) is 27.0. The van der Waals surface area contributed by atoms with Gasteiger partial charge in [-0.2, -0.15) is 13.2 Å². The second-order valence-electron chi connectivity index (χ2n) is 7.84. The van der Waals surface area contributed by atoms with E-state index >= 15 is 0 Å². The summed E-state index contributed by atoms with van der Waals surface area (Å²) in [6.07, 6.45) is 3.76. The van der Waals surface area contributed by atoms with Crippen LogP contribution in [-0.4, -0.2) is 17.4 Å². The average Bonchev–Trinajstić information content (AvgIpc) is 3.15. The number of thioether (sulfide) groups is 1. The van der Waals surface area contributed by atoms with Gasteiger partial charge < -0.3 is 0 Å². The van der Waals surface area contributed by atoms with E-state index in [1.807, 2.05) is 31.2 Å². The van der Waals surface area contributed by atoms with Gasteiger partial charge in [0.1, 0.15) is 5.37 Å². The highest BCUT2D eigenvalue weighted by Gasteiger charge is 2.37. The number of benzene rings is 2. The number of hydrogen-bond donors (Lipinski definition) is 0. The lowest BCUT2D eigenvalue weighted by molar-refractivity contribution is -0.137. The molecule has 0 saturated carbocycles. The number of Topliss-reactive ketones (excluding diaryl/α,β-unsaturated/α-hetero) is 1. The van der Waals surface area contributed by atoms with E-state index in [2.05, 4.69) is 0 Å². The van der Waals surface area contributed by atoms with Crippen LogP contribution in [0.1, 0.15) is 40.2 Å². The normalized spacial score (nSPS) is 23.4. The van der Waals surface area contributed by atoms with E-state index in [0.717, 1.165) is 12.1 Å². The molecule has 0 spiro atoms. The number of alkyl halides is 3. The van der Waals surface area contributed by atoms with Crippen LogP contribution in [0.4, 0.5) is 18.9 Å². The molecule has 1 aliphatic heterocycles. The SMILES string of the molecule is CC1(C(=O)c2ccc(N3C(=O)CSC3c3cccc(C(F)(F)F)c3)cc2)C=CC=CC1. The summed E-state index contributed by atoms with van der Waals surface area (Å²) >= 11 is 1.28. The Hall–Kier alpha value is -2.80. The molecule has 1 aliphatic carbocycles. The van der Waals surface area contributed by atoms with E-state index < -0.39 is 22.5 Å². The number of nitrogens with zero attached hydrogens (tertiary/aromatic N) is 1. The van der Waals surface area contributed by atoms with Gasteiger partial charge in [0.15, 0.2) is 5.78 Å². The van der Waals surface area contributed by atoms with Crippen LogP contribution in [0.15, 0.2) is 72.8 Å². The van der Waals surface area contributed by atoms with Crippen LogP contribution in [0.3, 0.4) is 0 Å². The van der Waals surface area contributed by atoms with Crippen molar-refractivity contribution in [2.24, 2.45) is 5.41 Å². The van der Waals surface area contributed by atoms with Gasteiger partial charge in [-0.05, 0) is 55.3 Å². The van der Waals surface area contributed by atoms with Gasteiger partial charge in [0.2, 0.25) is 5.91 Å². The average molecular weight is 443 g/mol. The molecule has 3 nitrogen and oxygen atoms in total. The fraction of sp³-hybridized carbons (Fsp3) is 0.250. The Labute approximate surface area is 182 Å². The standard InChI is InChI=1S/C24H20F3NO2S/c1-23(12-3-2-4-13-23)21(30)16-8-10-19(11-9-16)28-20(29)15-31-22(28)17-6-5-7-18(14-17)24(25,26)27/h2-12,14,22H,13,15H2,1H3. The first kappa shape index (κ1) is 21.4. The molecule has 2 aromatic carbocycles. The maximum absolute atomic E-state index is 13.1. The van der Waals surface area contributed by atoms with Gasteiger partial charge in [0.05, 0.1) is 16.7 Å². The molecule has 31 heavy (non-hydrogen) atoms. The molecule has 0 aromatic heterocycles. The number of carbonyl (C=O) groups excluding carboxylic acids is 2. The van der Waals surface area contributed by atoms with Crippen molar-refractivity contribution < 1.29 is 22.8 Å². The van der Waals surface area contributed by atoms with Gasteiger partial charge in [-0.1, -0.05) is 36.4 Å². The molecule has 1 saturated heterocycles. The highest BCUT2D eigenvalue weighted by atomic mass is 32.2. The maximum Gasteiger partial charge on any atom is 0.416 e. The molecule has 4 rings (SSSR count). The molecule has 2 unspecified atom stereocenters. The van der Waals surface area contributed by atoms with Gasteiger partial charge >= 0.3 is 6.18 Å². The summed E-state index contributed by atoms with van der Waals surface area (Å²) in [6.45, 7) is 1.88. The zero-order valence-electron chi connectivity index (χ0n) is 16.7. The van der Waals surface area contributed by atoms with E-state index in [1.165, 1.54) is 22.7 Å². The lowest BCUT2D eigenvalue weighted by atomic mass is 9.77. The van der Waals surface area contributed by atoms with Crippen LogP contribution in [-0.2, 0) is 11.0 Å². The van der Waals surface area contributed by atoms with Crippen molar-refractivity contribution in [2.45, 2.75) is 24.9 Å². The molecule has 2 atom stereocenters. The number of anilines is 1.